The number of aliphatic hydroxyl groups excluding tert-OH is 3. The van der Waals surface area contributed by atoms with Gasteiger partial charge >= 0.3 is 5.97 Å². The Morgan fingerprint density at radius 3 is 2.83 bits per heavy atom. The van der Waals surface area contributed by atoms with Gasteiger partial charge in [-0.15, -0.1) is 0 Å². The highest BCUT2D eigenvalue weighted by Crippen LogP contribution is 2.19. The maximum atomic E-state index is 10.6. The van der Waals surface area contributed by atoms with Crippen LogP contribution in [0.25, 0.3) is 0 Å². The first-order valence-corrected chi connectivity index (χ1v) is 9.53. The molecule has 0 bridgehead atoms. The topological polar surface area (TPSA) is 199 Å². The summed E-state index contributed by atoms with van der Waals surface area (Å²) in [5.41, 5.74) is 2.21. The number of aromatic amines is 1. The van der Waals surface area contributed by atoms with Crippen LogP contribution in [-0.2, 0) is 15.3 Å². The lowest BCUT2D eigenvalue weighted by Crippen LogP contribution is -2.35. The highest BCUT2D eigenvalue weighted by molar-refractivity contribution is 7.98. The molecule has 0 unspecified atom stereocenters. The highest BCUT2D eigenvalue weighted by atomic mass is 32.2. The third-order valence-electron chi connectivity index (χ3n) is 3.57. The Labute approximate surface area is 171 Å². The number of ether oxygens (including phenoxy) is 1. The van der Waals surface area contributed by atoms with E-state index in [2.05, 4.69) is 30.3 Å². The van der Waals surface area contributed by atoms with Crippen LogP contribution in [0.1, 0.15) is 11.4 Å². The van der Waals surface area contributed by atoms with Gasteiger partial charge in [-0.25, -0.2) is 9.78 Å². The van der Waals surface area contributed by atoms with Crippen molar-refractivity contribution in [3.05, 3.63) is 29.2 Å². The second kappa shape index (κ2) is 12.5. The van der Waals surface area contributed by atoms with Crippen LogP contribution in [0.4, 0.5) is 0 Å². The Bertz CT molecular complexity index is 774. The van der Waals surface area contributed by atoms with Crippen molar-refractivity contribution in [1.82, 2.24) is 20.6 Å². The van der Waals surface area contributed by atoms with Gasteiger partial charge in [-0.2, -0.15) is 17.0 Å². The van der Waals surface area contributed by atoms with Crippen molar-refractivity contribution in [3.63, 3.8) is 0 Å². The molecule has 1 aromatic rings. The lowest BCUT2D eigenvalue weighted by atomic mass is 10.2. The molecule has 0 radical (unpaired) electrons. The molecule has 1 aromatic heterocycles. The maximum absolute atomic E-state index is 10.6. The number of thioether (sulfide) groups is 1. The largest absolute Gasteiger partial charge is 0.865 e. The molecule has 2 heterocycles. The minimum absolute atomic E-state index is 0.504. The number of imidazole rings is 1. The van der Waals surface area contributed by atoms with Crippen molar-refractivity contribution in [1.29, 1.82) is 5.26 Å². The molecule has 12 nitrogen and oxygen atoms in total. The fourth-order valence-corrected chi connectivity index (χ4v) is 2.87. The van der Waals surface area contributed by atoms with E-state index >= 15 is 0 Å². The minimum atomic E-state index is -1.46. The van der Waals surface area contributed by atoms with Crippen molar-refractivity contribution in [2.45, 2.75) is 24.9 Å². The number of cyclic esters (lactones) is 1. The number of rotatable bonds is 7. The van der Waals surface area contributed by atoms with Crippen molar-refractivity contribution in [2.24, 2.45) is 4.99 Å². The highest BCUT2D eigenvalue weighted by Gasteiger charge is 2.34. The van der Waals surface area contributed by atoms with Crippen LogP contribution < -0.4 is 15.7 Å². The molecule has 0 aliphatic carbocycles. The van der Waals surface area contributed by atoms with Gasteiger partial charge in [-0.05, 0) is 6.92 Å². The maximum Gasteiger partial charge on any atom is 0.327 e. The molecule has 0 spiro atoms. The Balaban J connectivity index is 0.000000308. The second-order valence-corrected chi connectivity index (χ2v) is 6.66. The van der Waals surface area contributed by atoms with Gasteiger partial charge in [-0.3, -0.25) is 10.3 Å². The molecule has 160 valence electrons. The van der Waals surface area contributed by atoms with Gasteiger partial charge in [0.25, 0.3) is 0 Å². The predicted octanol–water partition coefficient (Wildman–Crippen LogP) is -2.01. The van der Waals surface area contributed by atoms with E-state index in [0.717, 1.165) is 29.4 Å². The number of aliphatic hydroxyl groups is 3. The normalized spacial score (nSPS) is 17.1. The molecule has 0 amide bonds. The fourth-order valence-electron chi connectivity index (χ4n) is 1.99. The van der Waals surface area contributed by atoms with Crippen LogP contribution in [0.15, 0.2) is 22.8 Å². The van der Waals surface area contributed by atoms with Gasteiger partial charge < -0.3 is 35.5 Å². The minimum Gasteiger partial charge on any atom is -0.865 e. The summed E-state index contributed by atoms with van der Waals surface area (Å²) in [5, 5.41) is 50.7. The summed E-state index contributed by atoms with van der Waals surface area (Å²) in [5.74, 6) is -0.928. The Morgan fingerprint density at radius 2 is 2.34 bits per heavy atom. The molecule has 1 aliphatic rings. The molecule has 6 N–H and O–H groups in total. The van der Waals surface area contributed by atoms with E-state index in [1.807, 2.05) is 13.1 Å². The van der Waals surface area contributed by atoms with Gasteiger partial charge in [0.1, 0.15) is 11.9 Å². The first-order chi connectivity index (χ1) is 13.8. The number of hydrogen-bond acceptors (Lipinski definition) is 10. The third-order valence-corrected chi connectivity index (χ3v) is 4.54. The van der Waals surface area contributed by atoms with Crippen molar-refractivity contribution >= 4 is 23.7 Å². The van der Waals surface area contributed by atoms with E-state index in [-0.39, 0.29) is 0 Å². The van der Waals surface area contributed by atoms with E-state index < -0.39 is 36.3 Å². The number of hydrogen-bond donors (Lipinski definition) is 6. The van der Waals surface area contributed by atoms with Crippen LogP contribution >= 0.6 is 11.8 Å². The summed E-state index contributed by atoms with van der Waals surface area (Å²) in [4.78, 5) is 21.6. The standard InChI is InChI=1S/C10H16N6S.C6H8O6/c1-8-9(16-7-15-8)5-17-4-3-13-10(12-2)14-6-11;7-1-2(8)5-3(9)4(10)6(11)12-5/h7H,3-5H2,1-2H3,(H,15,16)(H2,12,13,14);2,5,7-10H,1H2/p-1/t;2-,5+/m.0/s1. The second-order valence-electron chi connectivity index (χ2n) is 5.55. The molecule has 0 fully saturated rings. The van der Waals surface area contributed by atoms with Crippen LogP contribution in [0.3, 0.4) is 0 Å². The van der Waals surface area contributed by atoms with E-state index in [1.54, 1.807) is 25.1 Å². The van der Waals surface area contributed by atoms with E-state index in [1.165, 1.54) is 0 Å². The molecule has 0 aromatic carbocycles. The molecule has 13 heteroatoms. The first-order valence-electron chi connectivity index (χ1n) is 8.38. The molecular weight excluding hydrogens is 404 g/mol. The molecule has 1 aliphatic heterocycles. The van der Waals surface area contributed by atoms with Gasteiger partial charge in [0.05, 0.1) is 18.6 Å². The van der Waals surface area contributed by atoms with Crippen molar-refractivity contribution in [2.75, 3.05) is 26.0 Å². The van der Waals surface area contributed by atoms with Gasteiger partial charge in [0.2, 0.25) is 5.96 Å². The fraction of sp³-hybridized carbons (Fsp3) is 0.500. The van der Waals surface area contributed by atoms with Crippen molar-refractivity contribution in [3.8, 4) is 6.19 Å². The predicted molar refractivity (Wildman–Crippen MR) is 102 cm³/mol. The molecule has 2 rings (SSSR count). The van der Waals surface area contributed by atoms with E-state index in [4.69, 9.17) is 20.6 Å². The zero-order valence-electron chi connectivity index (χ0n) is 15.9. The van der Waals surface area contributed by atoms with Gasteiger partial charge in [0, 0.05) is 36.6 Å². The summed E-state index contributed by atoms with van der Waals surface area (Å²) >= 11 is 1.79. The van der Waals surface area contributed by atoms with E-state index in [0.29, 0.717) is 5.96 Å². The molecule has 0 saturated carbocycles. The Kier molecular flexibility index (Phi) is 10.4. The number of nitriles is 1. The van der Waals surface area contributed by atoms with Crippen LogP contribution in [0, 0.1) is 18.4 Å². The molecule has 29 heavy (non-hydrogen) atoms. The van der Waals surface area contributed by atoms with Crippen molar-refractivity contribution < 1.29 is 30.0 Å². The van der Waals surface area contributed by atoms with Crippen LogP contribution in [0.2, 0.25) is 0 Å². The van der Waals surface area contributed by atoms with Gasteiger partial charge in [-0.1, -0.05) is 0 Å². The number of nitrogens with zero attached hydrogens (tertiary/aromatic N) is 3. The molecular formula is C16H23N6O6S-. The number of aromatic nitrogens is 2. The van der Waals surface area contributed by atoms with E-state index in [9.17, 15) is 9.90 Å². The number of aliphatic imine (C=N–C) groups is 1. The Morgan fingerprint density at radius 1 is 1.62 bits per heavy atom. The average Bonchev–Trinajstić information content (AvgIpc) is 3.24. The van der Waals surface area contributed by atoms with Crippen LogP contribution in [0.5, 0.6) is 0 Å². The lowest BCUT2D eigenvalue weighted by molar-refractivity contribution is -0.303. The Hall–Kier alpha value is -2.95. The third kappa shape index (κ3) is 7.53. The zero-order valence-corrected chi connectivity index (χ0v) is 16.7. The summed E-state index contributed by atoms with van der Waals surface area (Å²) in [7, 11) is 1.63. The molecule has 0 saturated heterocycles. The number of esters is 1. The number of nitrogens with one attached hydrogen (secondary N) is 3. The number of guanidine groups is 1. The SMILES string of the molecule is CN=C(NC#N)NCCSCc1nc[nH]c1C.O=C1O[C@H]([C@@H](O)CO)C(O)=C1[O-]. The summed E-state index contributed by atoms with van der Waals surface area (Å²) < 4.78 is 4.25. The summed E-state index contributed by atoms with van der Waals surface area (Å²) in [6.07, 6.45) is 0.656. The molecule has 2 atom stereocenters. The first kappa shape index (κ1) is 24.1. The van der Waals surface area contributed by atoms with Gasteiger partial charge in [0.15, 0.2) is 12.3 Å². The quantitative estimate of drug-likeness (QED) is 0.0701. The zero-order chi connectivity index (χ0) is 21.8. The number of carbonyl (C=O) groups excluding carboxylic acids is 1. The number of carbonyl (C=O) groups is 1. The lowest BCUT2D eigenvalue weighted by Gasteiger charge is -2.14. The number of H-pyrrole nitrogens is 1. The summed E-state index contributed by atoms with van der Waals surface area (Å²) in [6.45, 7) is 2.07. The van der Waals surface area contributed by atoms with Crippen LogP contribution in [-0.4, -0.2) is 75.4 Å². The smallest absolute Gasteiger partial charge is 0.327 e. The monoisotopic (exact) mass is 427 g/mol. The number of aryl methyl sites for hydroxylation is 1. The summed E-state index contributed by atoms with van der Waals surface area (Å²) in [6, 6.07) is 0. The average molecular weight is 427 g/mol.